The van der Waals surface area contributed by atoms with Crippen LogP contribution in [0.4, 0.5) is 5.69 Å². The van der Waals surface area contributed by atoms with Gasteiger partial charge < -0.3 is 23.8 Å². The predicted molar refractivity (Wildman–Crippen MR) is 86.5 cm³/mol. The van der Waals surface area contributed by atoms with Gasteiger partial charge >= 0.3 is 11.9 Å². The van der Waals surface area contributed by atoms with Crippen LogP contribution in [-0.2, 0) is 23.8 Å². The quantitative estimate of drug-likeness (QED) is 0.579. The molecule has 0 unspecified atom stereocenters. The Labute approximate surface area is 140 Å². The lowest BCUT2D eigenvalue weighted by molar-refractivity contribution is -0.140. The van der Waals surface area contributed by atoms with E-state index in [0.29, 0.717) is 18.0 Å². The predicted octanol–water partition coefficient (Wildman–Crippen LogP) is 1.65. The van der Waals surface area contributed by atoms with E-state index in [4.69, 9.17) is 18.9 Å². The molecule has 1 aliphatic rings. The summed E-state index contributed by atoms with van der Waals surface area (Å²) in [4.78, 5) is 25.7. The second-order valence-corrected chi connectivity index (χ2v) is 4.81. The number of hydrogen-bond donors (Lipinski definition) is 0. The van der Waals surface area contributed by atoms with E-state index in [0.717, 1.165) is 0 Å². The van der Waals surface area contributed by atoms with Crippen LogP contribution in [0.25, 0.3) is 0 Å². The molecule has 0 N–H and O–H groups in total. The monoisotopic (exact) mass is 333 g/mol. The summed E-state index contributed by atoms with van der Waals surface area (Å²) in [5.41, 5.74) is 0.822. The molecule has 0 bridgehead atoms. The van der Waals surface area contributed by atoms with Gasteiger partial charge in [-0.1, -0.05) is 18.7 Å². The lowest BCUT2D eigenvalue weighted by atomic mass is 10.1. The molecule has 1 aromatic rings. The second kappa shape index (κ2) is 8.16. The van der Waals surface area contributed by atoms with E-state index in [1.165, 1.54) is 14.2 Å². The Bertz CT molecular complexity index is 667. The molecule has 0 aliphatic carbocycles. The van der Waals surface area contributed by atoms with Gasteiger partial charge in [-0.3, -0.25) is 0 Å². The van der Waals surface area contributed by atoms with Gasteiger partial charge in [-0.2, -0.15) is 0 Å². The van der Waals surface area contributed by atoms with Crippen LogP contribution >= 0.6 is 0 Å². The Morgan fingerprint density at radius 2 is 2.04 bits per heavy atom. The number of nitrogens with zero attached hydrogens (tertiary/aromatic N) is 1. The molecule has 0 atom stereocenters. The van der Waals surface area contributed by atoms with E-state index in [1.54, 1.807) is 35.2 Å². The minimum Gasteiger partial charge on any atom is -0.489 e. The van der Waals surface area contributed by atoms with Crippen molar-refractivity contribution in [3.05, 3.63) is 48.2 Å². The molecule has 0 spiro atoms. The van der Waals surface area contributed by atoms with Gasteiger partial charge in [-0.05, 0) is 12.1 Å². The van der Waals surface area contributed by atoms with Gasteiger partial charge in [-0.25, -0.2) is 9.59 Å². The Morgan fingerprint density at radius 3 is 2.71 bits per heavy atom. The largest absolute Gasteiger partial charge is 0.489 e. The van der Waals surface area contributed by atoms with Crippen molar-refractivity contribution in [1.29, 1.82) is 0 Å². The van der Waals surface area contributed by atoms with Gasteiger partial charge in [0.15, 0.2) is 0 Å². The average Bonchev–Trinajstić information content (AvgIpc) is 2.64. The van der Waals surface area contributed by atoms with Crippen molar-refractivity contribution in [2.45, 2.75) is 0 Å². The van der Waals surface area contributed by atoms with Gasteiger partial charge in [0.2, 0.25) is 0 Å². The van der Waals surface area contributed by atoms with Crippen molar-refractivity contribution in [2.75, 3.05) is 39.1 Å². The summed E-state index contributed by atoms with van der Waals surface area (Å²) >= 11 is 0. The molecule has 7 heteroatoms. The molecule has 0 radical (unpaired) electrons. The number of benzene rings is 1. The van der Waals surface area contributed by atoms with Crippen molar-refractivity contribution < 1.29 is 28.5 Å². The Balaban J connectivity index is 2.44. The smallest absolute Gasteiger partial charge is 0.355 e. The summed E-state index contributed by atoms with van der Waals surface area (Å²) in [7, 11) is 2.49. The molecule has 0 amide bonds. The van der Waals surface area contributed by atoms with Crippen molar-refractivity contribution >= 4 is 17.6 Å². The summed E-state index contributed by atoms with van der Waals surface area (Å²) < 4.78 is 20.5. The zero-order valence-electron chi connectivity index (χ0n) is 13.6. The number of rotatable bonds is 6. The highest BCUT2D eigenvalue weighted by Crippen LogP contribution is 2.29. The van der Waals surface area contributed by atoms with Gasteiger partial charge in [0, 0.05) is 11.8 Å². The van der Waals surface area contributed by atoms with Crippen LogP contribution in [0.5, 0.6) is 5.75 Å². The first-order chi connectivity index (χ1) is 11.6. The first-order valence-corrected chi connectivity index (χ1v) is 7.21. The van der Waals surface area contributed by atoms with E-state index in [-0.39, 0.29) is 24.6 Å². The SMILES string of the molecule is C=CCOc1cccc(N2COCC(C(=O)OC)=C2C(=O)OC)c1. The molecule has 0 fully saturated rings. The number of esters is 2. The van der Waals surface area contributed by atoms with Crippen LogP contribution in [0.15, 0.2) is 48.2 Å². The summed E-state index contributed by atoms with van der Waals surface area (Å²) in [5, 5.41) is 0. The first-order valence-electron chi connectivity index (χ1n) is 7.21. The van der Waals surface area contributed by atoms with Crippen LogP contribution < -0.4 is 9.64 Å². The summed E-state index contributed by atoms with van der Waals surface area (Å²) in [6, 6.07) is 7.05. The highest BCUT2D eigenvalue weighted by atomic mass is 16.5. The summed E-state index contributed by atoms with van der Waals surface area (Å²) in [5.74, 6) is -0.683. The van der Waals surface area contributed by atoms with Crippen LogP contribution in [-0.4, -0.2) is 46.1 Å². The van der Waals surface area contributed by atoms with Crippen molar-refractivity contribution in [3.8, 4) is 5.75 Å². The molecule has 24 heavy (non-hydrogen) atoms. The molecular formula is C17H19NO6. The maximum atomic E-state index is 12.2. The van der Waals surface area contributed by atoms with Crippen molar-refractivity contribution in [2.24, 2.45) is 0 Å². The van der Waals surface area contributed by atoms with Gasteiger partial charge in [0.1, 0.15) is 24.8 Å². The number of carbonyl (C=O) groups excluding carboxylic acids is 2. The van der Waals surface area contributed by atoms with Gasteiger partial charge in [0.25, 0.3) is 0 Å². The molecule has 1 aromatic carbocycles. The zero-order chi connectivity index (χ0) is 17.5. The van der Waals surface area contributed by atoms with Gasteiger partial charge in [-0.15, -0.1) is 0 Å². The first kappa shape index (κ1) is 17.6. The Kier molecular flexibility index (Phi) is 5.97. The number of carbonyl (C=O) groups is 2. The van der Waals surface area contributed by atoms with E-state index in [2.05, 4.69) is 6.58 Å². The second-order valence-electron chi connectivity index (χ2n) is 4.81. The lowest BCUT2D eigenvalue weighted by Gasteiger charge is -2.31. The Morgan fingerprint density at radius 1 is 1.29 bits per heavy atom. The summed E-state index contributed by atoms with van der Waals surface area (Å²) in [6.07, 6.45) is 1.63. The molecule has 7 nitrogen and oxygen atoms in total. The number of hydrogen-bond acceptors (Lipinski definition) is 7. The van der Waals surface area contributed by atoms with Crippen LogP contribution in [0.2, 0.25) is 0 Å². The molecule has 0 saturated carbocycles. The molecule has 128 valence electrons. The molecule has 2 rings (SSSR count). The van der Waals surface area contributed by atoms with Crippen LogP contribution in [0.3, 0.4) is 0 Å². The van der Waals surface area contributed by atoms with Crippen LogP contribution in [0, 0.1) is 0 Å². The topological polar surface area (TPSA) is 74.3 Å². The highest BCUT2D eigenvalue weighted by Gasteiger charge is 2.32. The zero-order valence-corrected chi connectivity index (χ0v) is 13.6. The van der Waals surface area contributed by atoms with E-state index in [9.17, 15) is 9.59 Å². The number of anilines is 1. The maximum Gasteiger partial charge on any atom is 0.355 e. The van der Waals surface area contributed by atoms with E-state index in [1.807, 2.05) is 0 Å². The molecule has 0 saturated heterocycles. The molecular weight excluding hydrogens is 314 g/mol. The van der Waals surface area contributed by atoms with E-state index < -0.39 is 11.9 Å². The minimum atomic E-state index is -0.642. The lowest BCUT2D eigenvalue weighted by Crippen LogP contribution is -2.38. The third-order valence-electron chi connectivity index (χ3n) is 3.33. The third kappa shape index (κ3) is 3.75. The fourth-order valence-corrected chi connectivity index (χ4v) is 2.24. The number of ether oxygens (including phenoxy) is 4. The van der Waals surface area contributed by atoms with Gasteiger partial charge in [0.05, 0.1) is 26.4 Å². The molecule has 0 aromatic heterocycles. The minimum absolute atomic E-state index is 0.0275. The standard InChI is InChI=1S/C17H19NO6/c1-4-8-24-13-7-5-6-12(9-13)18-11-23-10-14(16(19)21-2)15(18)17(20)22-3/h4-7,9H,1,8,10-11H2,2-3H3. The van der Waals surface area contributed by atoms with Crippen LogP contribution in [0.1, 0.15) is 0 Å². The third-order valence-corrected chi connectivity index (χ3v) is 3.33. The fourth-order valence-electron chi connectivity index (χ4n) is 2.24. The average molecular weight is 333 g/mol. The molecule has 1 heterocycles. The number of methoxy groups -OCH3 is 2. The Hall–Kier alpha value is -2.80. The maximum absolute atomic E-state index is 12.2. The summed E-state index contributed by atoms with van der Waals surface area (Å²) in [6.45, 7) is 4.02. The van der Waals surface area contributed by atoms with E-state index >= 15 is 0 Å². The normalized spacial score (nSPS) is 14.2. The van der Waals surface area contributed by atoms with Crippen molar-refractivity contribution in [3.63, 3.8) is 0 Å². The van der Waals surface area contributed by atoms with Crippen molar-refractivity contribution in [1.82, 2.24) is 0 Å². The fraction of sp³-hybridized carbons (Fsp3) is 0.294. The molecule has 1 aliphatic heterocycles. The highest BCUT2D eigenvalue weighted by molar-refractivity contribution is 6.03.